The molecule has 1 aromatic heterocycles. The van der Waals surface area contributed by atoms with Crippen LogP contribution in [0.15, 0.2) is 35.1 Å². The van der Waals surface area contributed by atoms with Gasteiger partial charge in [0, 0.05) is 12.1 Å². The second-order valence-electron chi connectivity index (χ2n) is 5.65. The maximum atomic E-state index is 13.0. The van der Waals surface area contributed by atoms with Crippen LogP contribution in [0.25, 0.3) is 0 Å². The Hall–Kier alpha value is -2.01. The van der Waals surface area contributed by atoms with Gasteiger partial charge in [-0.15, -0.1) is 0 Å². The monoisotopic (exact) mass is 289 g/mol. The number of halogens is 1. The molecule has 1 aromatic carbocycles. The van der Waals surface area contributed by atoms with Crippen LogP contribution in [-0.4, -0.2) is 9.78 Å². The first-order chi connectivity index (χ1) is 9.88. The molecule has 0 aliphatic heterocycles. The molecule has 1 atom stereocenters. The van der Waals surface area contributed by atoms with Gasteiger partial charge in [-0.05, 0) is 36.6 Å². The average molecular weight is 289 g/mol. The molecule has 0 aliphatic rings. The molecule has 0 amide bonds. The number of hydrogen-bond donors (Lipinski definition) is 1. The van der Waals surface area contributed by atoms with E-state index < -0.39 is 6.04 Å². The standard InChI is InChI=1S/C16H20FN3O/c1-10(2)9-20-16(21)14(8-11(3)19-20)15(18)12-4-6-13(17)7-5-12/h4-8,10,15H,9,18H2,1-3H3. The molecule has 0 spiro atoms. The number of nitrogens with two attached hydrogens (primary N) is 1. The Labute approximate surface area is 123 Å². The summed E-state index contributed by atoms with van der Waals surface area (Å²) in [5.41, 5.74) is 7.91. The Balaban J connectivity index is 2.45. The lowest BCUT2D eigenvalue weighted by atomic mass is 10.0. The molecule has 0 fully saturated rings. The lowest BCUT2D eigenvalue weighted by Gasteiger charge is -2.15. The molecule has 112 valence electrons. The molecule has 0 saturated carbocycles. The molecular weight excluding hydrogens is 269 g/mol. The van der Waals surface area contributed by atoms with E-state index in [1.807, 2.05) is 20.8 Å². The van der Waals surface area contributed by atoms with Crippen LogP contribution < -0.4 is 11.3 Å². The second kappa shape index (κ2) is 6.18. The molecule has 4 nitrogen and oxygen atoms in total. The van der Waals surface area contributed by atoms with E-state index in [1.54, 1.807) is 18.2 Å². The van der Waals surface area contributed by atoms with Crippen molar-refractivity contribution in [3.63, 3.8) is 0 Å². The van der Waals surface area contributed by atoms with Gasteiger partial charge in [-0.2, -0.15) is 5.10 Å². The van der Waals surface area contributed by atoms with Crippen LogP contribution in [0, 0.1) is 18.7 Å². The van der Waals surface area contributed by atoms with Gasteiger partial charge in [0.15, 0.2) is 0 Å². The zero-order chi connectivity index (χ0) is 15.6. The molecule has 2 aromatic rings. The highest BCUT2D eigenvalue weighted by Gasteiger charge is 2.16. The van der Waals surface area contributed by atoms with Crippen LogP contribution in [0.2, 0.25) is 0 Å². The first kappa shape index (κ1) is 15.4. The van der Waals surface area contributed by atoms with Gasteiger partial charge in [0.1, 0.15) is 5.82 Å². The van der Waals surface area contributed by atoms with Gasteiger partial charge < -0.3 is 5.73 Å². The smallest absolute Gasteiger partial charge is 0.271 e. The number of aryl methyl sites for hydroxylation is 1. The van der Waals surface area contributed by atoms with Gasteiger partial charge in [-0.1, -0.05) is 26.0 Å². The van der Waals surface area contributed by atoms with Crippen molar-refractivity contribution in [3.05, 3.63) is 63.3 Å². The second-order valence-corrected chi connectivity index (χ2v) is 5.65. The maximum absolute atomic E-state index is 13.0. The molecule has 0 aliphatic carbocycles. The number of hydrogen-bond acceptors (Lipinski definition) is 3. The first-order valence-corrected chi connectivity index (χ1v) is 6.98. The summed E-state index contributed by atoms with van der Waals surface area (Å²) in [5.74, 6) is -0.0130. The number of rotatable bonds is 4. The van der Waals surface area contributed by atoms with Crippen LogP contribution in [0.4, 0.5) is 4.39 Å². The predicted molar refractivity (Wildman–Crippen MR) is 80.5 cm³/mol. The fourth-order valence-electron chi connectivity index (χ4n) is 2.24. The minimum atomic E-state index is -0.585. The summed E-state index contributed by atoms with van der Waals surface area (Å²) in [7, 11) is 0. The minimum Gasteiger partial charge on any atom is -0.320 e. The van der Waals surface area contributed by atoms with Crippen molar-refractivity contribution in [1.82, 2.24) is 9.78 Å². The average Bonchev–Trinajstić information content (AvgIpc) is 2.42. The summed E-state index contributed by atoms with van der Waals surface area (Å²) in [6.07, 6.45) is 0. The van der Waals surface area contributed by atoms with Crippen molar-refractivity contribution >= 4 is 0 Å². The molecule has 1 unspecified atom stereocenters. The third-order valence-corrected chi connectivity index (χ3v) is 3.23. The van der Waals surface area contributed by atoms with Crippen molar-refractivity contribution in [3.8, 4) is 0 Å². The Bertz CT molecular complexity index is 677. The van der Waals surface area contributed by atoms with Crippen molar-refractivity contribution in [1.29, 1.82) is 0 Å². The summed E-state index contributed by atoms with van der Waals surface area (Å²) in [6, 6.07) is 7.00. The van der Waals surface area contributed by atoms with E-state index in [0.717, 1.165) is 5.69 Å². The zero-order valence-electron chi connectivity index (χ0n) is 12.5. The Morgan fingerprint density at radius 1 is 1.29 bits per heavy atom. The van der Waals surface area contributed by atoms with Crippen LogP contribution >= 0.6 is 0 Å². The van der Waals surface area contributed by atoms with E-state index in [0.29, 0.717) is 23.6 Å². The van der Waals surface area contributed by atoms with Gasteiger partial charge >= 0.3 is 0 Å². The largest absolute Gasteiger partial charge is 0.320 e. The summed E-state index contributed by atoms with van der Waals surface area (Å²) in [5, 5.41) is 4.25. The Morgan fingerprint density at radius 3 is 2.48 bits per heavy atom. The van der Waals surface area contributed by atoms with Crippen LogP contribution in [0.1, 0.15) is 36.7 Å². The summed E-state index contributed by atoms with van der Waals surface area (Å²) in [6.45, 7) is 6.42. The Morgan fingerprint density at radius 2 is 1.90 bits per heavy atom. The predicted octanol–water partition coefficient (Wildman–Crippen LogP) is 2.39. The van der Waals surface area contributed by atoms with Crippen LogP contribution in [-0.2, 0) is 6.54 Å². The number of benzene rings is 1. The van der Waals surface area contributed by atoms with Crippen LogP contribution in [0.3, 0.4) is 0 Å². The van der Waals surface area contributed by atoms with Crippen molar-refractivity contribution in [2.24, 2.45) is 11.7 Å². The minimum absolute atomic E-state index is 0.189. The molecule has 0 radical (unpaired) electrons. The van der Waals surface area contributed by atoms with Crippen LogP contribution in [0.5, 0.6) is 0 Å². The molecular formula is C16H20FN3O. The van der Waals surface area contributed by atoms with E-state index in [9.17, 15) is 9.18 Å². The molecule has 0 saturated heterocycles. The fourth-order valence-corrected chi connectivity index (χ4v) is 2.24. The highest BCUT2D eigenvalue weighted by molar-refractivity contribution is 5.30. The summed E-state index contributed by atoms with van der Waals surface area (Å²) >= 11 is 0. The highest BCUT2D eigenvalue weighted by Crippen LogP contribution is 2.17. The van der Waals surface area contributed by atoms with Gasteiger partial charge in [-0.25, -0.2) is 9.07 Å². The summed E-state index contributed by atoms with van der Waals surface area (Å²) < 4.78 is 14.4. The third-order valence-electron chi connectivity index (χ3n) is 3.23. The van der Waals surface area contributed by atoms with Crippen molar-refractivity contribution in [2.75, 3.05) is 0 Å². The lowest BCUT2D eigenvalue weighted by Crippen LogP contribution is -2.32. The normalized spacial score (nSPS) is 12.7. The molecule has 5 heteroatoms. The zero-order valence-corrected chi connectivity index (χ0v) is 12.5. The topological polar surface area (TPSA) is 60.9 Å². The quantitative estimate of drug-likeness (QED) is 0.940. The third kappa shape index (κ3) is 3.55. The van der Waals surface area contributed by atoms with Gasteiger partial charge in [-0.3, -0.25) is 4.79 Å². The lowest BCUT2D eigenvalue weighted by molar-refractivity contribution is 0.456. The molecule has 2 N–H and O–H groups in total. The van der Waals surface area contributed by atoms with E-state index >= 15 is 0 Å². The van der Waals surface area contributed by atoms with Gasteiger partial charge in [0.25, 0.3) is 5.56 Å². The van der Waals surface area contributed by atoms with Gasteiger partial charge in [0.05, 0.1) is 11.7 Å². The summed E-state index contributed by atoms with van der Waals surface area (Å²) in [4.78, 5) is 12.5. The number of aromatic nitrogens is 2. The number of nitrogens with zero attached hydrogens (tertiary/aromatic N) is 2. The fraction of sp³-hybridized carbons (Fsp3) is 0.375. The van der Waals surface area contributed by atoms with E-state index in [-0.39, 0.29) is 11.4 Å². The van der Waals surface area contributed by atoms with E-state index in [4.69, 9.17) is 5.73 Å². The van der Waals surface area contributed by atoms with Crippen molar-refractivity contribution < 1.29 is 4.39 Å². The van der Waals surface area contributed by atoms with E-state index in [1.165, 1.54) is 16.8 Å². The highest BCUT2D eigenvalue weighted by atomic mass is 19.1. The van der Waals surface area contributed by atoms with Gasteiger partial charge in [0.2, 0.25) is 0 Å². The molecule has 2 rings (SSSR count). The molecule has 1 heterocycles. The molecule has 21 heavy (non-hydrogen) atoms. The SMILES string of the molecule is Cc1cc(C(N)c2ccc(F)cc2)c(=O)n(CC(C)C)n1. The maximum Gasteiger partial charge on any atom is 0.271 e. The Kier molecular flexibility index (Phi) is 4.53. The van der Waals surface area contributed by atoms with Crippen molar-refractivity contribution in [2.45, 2.75) is 33.4 Å². The first-order valence-electron chi connectivity index (χ1n) is 6.98. The molecule has 0 bridgehead atoms. The van der Waals surface area contributed by atoms with E-state index in [2.05, 4.69) is 5.10 Å².